The molecule has 0 aliphatic heterocycles. The zero-order valence-electron chi connectivity index (χ0n) is 15.4. The number of nitrogens with zero attached hydrogens (tertiary/aromatic N) is 1. The molecule has 1 N–H and O–H groups in total. The molecule has 27 heavy (non-hydrogen) atoms. The third-order valence-corrected chi connectivity index (χ3v) is 4.39. The quantitative estimate of drug-likeness (QED) is 0.672. The average molecular weight is 361 g/mol. The lowest BCUT2D eigenvalue weighted by molar-refractivity contribution is -0.127. The first-order valence-electron chi connectivity index (χ1n) is 8.72. The summed E-state index contributed by atoms with van der Waals surface area (Å²) in [6.45, 7) is 3.81. The zero-order chi connectivity index (χ0) is 19.2. The molecule has 0 unspecified atom stereocenters. The third kappa shape index (κ3) is 4.85. The van der Waals surface area contributed by atoms with Crippen molar-refractivity contribution in [1.29, 1.82) is 0 Å². The van der Waals surface area contributed by atoms with E-state index in [1.54, 1.807) is 18.5 Å². The van der Waals surface area contributed by atoms with Crippen molar-refractivity contribution >= 4 is 5.91 Å². The summed E-state index contributed by atoms with van der Waals surface area (Å²) in [5, 5.41) is 12.3. The second kappa shape index (κ2) is 8.36. The molecular formula is C22H21N2O3. The van der Waals surface area contributed by atoms with Crippen molar-refractivity contribution in [2.24, 2.45) is 0 Å². The van der Waals surface area contributed by atoms with Crippen LogP contribution < -0.4 is 10.3 Å². The molecule has 1 radical (unpaired) electrons. The monoisotopic (exact) mass is 361 g/mol. The molecule has 0 aliphatic carbocycles. The molecule has 2 aromatic carbocycles. The molecule has 0 aliphatic rings. The lowest BCUT2D eigenvalue weighted by atomic mass is 9.95. The molecule has 1 heterocycles. The maximum atomic E-state index is 12.3. The first-order chi connectivity index (χ1) is 13.0. The topological polar surface area (TPSA) is 71.1 Å². The van der Waals surface area contributed by atoms with Crippen LogP contribution in [0, 0.1) is 13.8 Å². The Morgan fingerprint density at radius 2 is 1.96 bits per heavy atom. The summed E-state index contributed by atoms with van der Waals surface area (Å²) in [5.74, 6) is 0.0381. The Morgan fingerprint density at radius 3 is 2.70 bits per heavy atom. The molecule has 1 aromatic heterocycles. The molecule has 0 atom stereocenters. The Labute approximate surface area is 158 Å². The number of pyridine rings is 1. The molecular weight excluding hydrogens is 340 g/mol. The molecule has 0 saturated carbocycles. The van der Waals surface area contributed by atoms with Crippen LogP contribution in [0.2, 0.25) is 0 Å². The fourth-order valence-corrected chi connectivity index (χ4v) is 2.91. The van der Waals surface area contributed by atoms with E-state index in [0.29, 0.717) is 17.7 Å². The average Bonchev–Trinajstić information content (AvgIpc) is 2.67. The van der Waals surface area contributed by atoms with Crippen LogP contribution in [0.25, 0.3) is 0 Å². The van der Waals surface area contributed by atoms with Crippen LogP contribution in [0.15, 0.2) is 60.9 Å². The molecule has 3 aromatic rings. The van der Waals surface area contributed by atoms with Gasteiger partial charge in [0, 0.05) is 18.0 Å². The number of aryl methyl sites for hydroxylation is 1. The highest BCUT2D eigenvalue weighted by Crippen LogP contribution is 2.26. The van der Waals surface area contributed by atoms with Gasteiger partial charge < -0.3 is 4.84 Å². The Bertz CT molecular complexity index is 940. The summed E-state index contributed by atoms with van der Waals surface area (Å²) in [6, 6.07) is 14.6. The van der Waals surface area contributed by atoms with E-state index in [2.05, 4.69) is 10.5 Å². The van der Waals surface area contributed by atoms with E-state index in [9.17, 15) is 9.90 Å². The van der Waals surface area contributed by atoms with Gasteiger partial charge in [-0.2, -0.15) is 5.48 Å². The van der Waals surface area contributed by atoms with Gasteiger partial charge in [0.15, 0.2) is 11.5 Å². The van der Waals surface area contributed by atoms with E-state index in [-0.39, 0.29) is 18.1 Å². The Kier molecular flexibility index (Phi) is 5.71. The number of aromatic nitrogens is 1. The highest BCUT2D eigenvalue weighted by molar-refractivity contribution is 5.79. The lowest BCUT2D eigenvalue weighted by Crippen LogP contribution is -2.28. The van der Waals surface area contributed by atoms with Crippen LogP contribution in [-0.2, 0) is 22.7 Å². The lowest BCUT2D eigenvalue weighted by Gasteiger charge is -2.13. The number of amides is 1. The summed E-state index contributed by atoms with van der Waals surface area (Å²) in [5.41, 5.74) is 6.82. The van der Waals surface area contributed by atoms with E-state index >= 15 is 0 Å². The molecule has 5 nitrogen and oxygen atoms in total. The van der Waals surface area contributed by atoms with Crippen molar-refractivity contribution in [2.45, 2.75) is 26.7 Å². The smallest absolute Gasteiger partial charge is 0.257 e. The van der Waals surface area contributed by atoms with Gasteiger partial charge in [0.05, 0.1) is 6.42 Å². The van der Waals surface area contributed by atoms with Crippen LogP contribution in [0.5, 0.6) is 11.5 Å². The first kappa shape index (κ1) is 18.5. The number of rotatable bonds is 6. The number of hydrogen-bond acceptors (Lipinski definition) is 3. The fraction of sp³-hybridized carbons (Fsp3) is 0.182. The predicted octanol–water partition coefficient (Wildman–Crippen LogP) is 4.09. The number of hydroxylamine groups is 1. The number of nitrogens with one attached hydrogen (secondary N) is 1. The van der Waals surface area contributed by atoms with Gasteiger partial charge in [-0.3, -0.25) is 14.9 Å². The van der Waals surface area contributed by atoms with Gasteiger partial charge >= 0.3 is 0 Å². The summed E-state index contributed by atoms with van der Waals surface area (Å²) in [4.78, 5) is 21.7. The summed E-state index contributed by atoms with van der Waals surface area (Å²) in [7, 11) is 0. The van der Waals surface area contributed by atoms with E-state index < -0.39 is 0 Å². The van der Waals surface area contributed by atoms with Crippen LogP contribution in [0.1, 0.15) is 27.8 Å². The van der Waals surface area contributed by atoms with Gasteiger partial charge in [-0.1, -0.05) is 24.3 Å². The first-order valence-corrected chi connectivity index (χ1v) is 8.72. The van der Waals surface area contributed by atoms with E-state index in [0.717, 1.165) is 22.3 Å². The number of carbonyl (C=O) groups is 1. The molecule has 0 saturated heterocycles. The van der Waals surface area contributed by atoms with E-state index in [4.69, 9.17) is 4.84 Å². The molecule has 0 spiro atoms. The van der Waals surface area contributed by atoms with Crippen molar-refractivity contribution in [1.82, 2.24) is 10.5 Å². The van der Waals surface area contributed by atoms with Crippen molar-refractivity contribution < 1.29 is 14.7 Å². The number of carbonyl (C=O) groups excluding carboxylic acids is 1. The molecule has 0 bridgehead atoms. The van der Waals surface area contributed by atoms with Crippen LogP contribution in [-0.4, -0.2) is 10.9 Å². The number of hydrogen-bond donors (Lipinski definition) is 1. The second-order valence-corrected chi connectivity index (χ2v) is 6.49. The van der Waals surface area contributed by atoms with Crippen LogP contribution in [0.3, 0.4) is 0 Å². The largest absolute Gasteiger partial charge is 0.380 e. The van der Waals surface area contributed by atoms with Gasteiger partial charge in [0.2, 0.25) is 0 Å². The summed E-state index contributed by atoms with van der Waals surface area (Å²) in [6.07, 6.45) is 4.15. The SMILES string of the molecule is Cc1cccc(ONC(=O)Cc2c([O])ccc(Cc3cccnc3)c2C)c1. The Balaban J connectivity index is 1.70. The highest BCUT2D eigenvalue weighted by Gasteiger charge is 2.15. The maximum absolute atomic E-state index is 12.3. The van der Waals surface area contributed by atoms with Gasteiger partial charge in [0.1, 0.15) is 0 Å². The Hall–Kier alpha value is -3.34. The van der Waals surface area contributed by atoms with Crippen molar-refractivity contribution in [3.8, 4) is 11.5 Å². The van der Waals surface area contributed by atoms with Crippen molar-refractivity contribution in [2.75, 3.05) is 0 Å². The second-order valence-electron chi connectivity index (χ2n) is 6.49. The molecule has 5 heteroatoms. The maximum Gasteiger partial charge on any atom is 0.257 e. The Morgan fingerprint density at radius 1 is 1.11 bits per heavy atom. The molecule has 0 fully saturated rings. The molecule has 3 rings (SSSR count). The third-order valence-electron chi connectivity index (χ3n) is 4.39. The van der Waals surface area contributed by atoms with Crippen LogP contribution >= 0.6 is 0 Å². The minimum Gasteiger partial charge on any atom is -0.380 e. The van der Waals surface area contributed by atoms with E-state index in [1.165, 1.54) is 6.07 Å². The highest BCUT2D eigenvalue weighted by atomic mass is 16.7. The summed E-state index contributed by atoms with van der Waals surface area (Å²) >= 11 is 0. The van der Waals surface area contributed by atoms with Gasteiger partial charge in [-0.15, -0.1) is 0 Å². The minimum absolute atomic E-state index is 0.0304. The van der Waals surface area contributed by atoms with Gasteiger partial charge in [-0.05, 0) is 66.8 Å². The predicted molar refractivity (Wildman–Crippen MR) is 102 cm³/mol. The zero-order valence-corrected chi connectivity index (χ0v) is 15.4. The number of benzene rings is 2. The van der Waals surface area contributed by atoms with E-state index in [1.807, 2.05) is 50.2 Å². The normalized spacial score (nSPS) is 10.4. The van der Waals surface area contributed by atoms with Crippen molar-refractivity contribution in [3.05, 3.63) is 88.7 Å². The van der Waals surface area contributed by atoms with Crippen molar-refractivity contribution in [3.63, 3.8) is 0 Å². The van der Waals surface area contributed by atoms with Crippen LogP contribution in [0.4, 0.5) is 0 Å². The molecule has 137 valence electrons. The summed E-state index contributed by atoms with van der Waals surface area (Å²) < 4.78 is 0. The fourth-order valence-electron chi connectivity index (χ4n) is 2.91. The minimum atomic E-state index is -0.366. The molecule has 1 amide bonds. The van der Waals surface area contributed by atoms with Gasteiger partial charge in [0.25, 0.3) is 5.91 Å². The standard InChI is InChI=1S/C22H21N2O3/c1-15-5-3-7-19(11-15)27-24-22(26)13-20-16(2)18(8-9-21(20)25)12-17-6-4-10-23-14-17/h3-11,14H,12-13H2,1-2H3,(H,24,26). The van der Waals surface area contributed by atoms with Gasteiger partial charge in [-0.25, -0.2) is 0 Å².